The van der Waals surface area contributed by atoms with E-state index in [0.717, 1.165) is 99.2 Å². The number of aromatic nitrogens is 1. The van der Waals surface area contributed by atoms with E-state index in [1.165, 1.54) is 0 Å². The summed E-state index contributed by atoms with van der Waals surface area (Å²) < 4.78 is 0. The van der Waals surface area contributed by atoms with Gasteiger partial charge < -0.3 is 15.3 Å². The molecule has 4 aliphatic rings. The van der Waals surface area contributed by atoms with E-state index in [1.807, 2.05) is 60.9 Å². The van der Waals surface area contributed by atoms with Gasteiger partial charge in [-0.05, 0) is 96.9 Å². The number of rotatable bonds is 10. The van der Waals surface area contributed by atoms with Gasteiger partial charge in [0, 0.05) is 79.8 Å². The Balaban J connectivity index is 0.818. The van der Waals surface area contributed by atoms with Gasteiger partial charge in [0.15, 0.2) is 0 Å². The summed E-state index contributed by atoms with van der Waals surface area (Å²) in [5.41, 5.74) is 5.60. The molecule has 0 bridgehead atoms. The Bertz CT molecular complexity index is 1700. The molecule has 7 rings (SSSR count). The minimum Gasteiger partial charge on any atom is -0.374 e. The smallest absolute Gasteiger partial charge is 0.251 e. The number of allylic oxidation sites excluding steroid dienone is 1. The standard InChI is InChI=1S/C40H48ClN7O2/c41-37-10-9-31(23-36(37)33-7-3-17-43-26-33)40(50)46-35-14-20-48(21-15-35)38-11-8-28(24-44-38)27-47-18-12-34(13-19-47)45-39(49)30-5-1-4-29(22-30)32-6-2-16-42-25-32/h1-2,4-11,16-17,22-23,25,28,34-35,38-39,44-45,49H,3,12-15,18-21,24,26-27H2,(H,46,50). The highest BCUT2D eigenvalue weighted by molar-refractivity contribution is 6.32. The number of amides is 1. The van der Waals surface area contributed by atoms with Crippen molar-refractivity contribution in [2.45, 2.75) is 56.6 Å². The molecule has 4 aliphatic heterocycles. The molecule has 4 N–H and O–H groups in total. The second-order valence-electron chi connectivity index (χ2n) is 14.0. The van der Waals surface area contributed by atoms with Gasteiger partial charge >= 0.3 is 0 Å². The Kier molecular flexibility index (Phi) is 11.5. The highest BCUT2D eigenvalue weighted by atomic mass is 35.5. The highest BCUT2D eigenvalue weighted by Crippen LogP contribution is 2.28. The van der Waals surface area contributed by atoms with Gasteiger partial charge in [0.05, 0.1) is 12.7 Å². The third-order valence-electron chi connectivity index (χ3n) is 10.5. The van der Waals surface area contributed by atoms with Crippen molar-refractivity contribution in [3.8, 4) is 11.1 Å². The van der Waals surface area contributed by atoms with Crippen molar-refractivity contribution in [2.75, 3.05) is 45.8 Å². The Morgan fingerprint density at radius 3 is 2.54 bits per heavy atom. The van der Waals surface area contributed by atoms with E-state index in [9.17, 15) is 9.90 Å². The molecule has 262 valence electrons. The van der Waals surface area contributed by atoms with E-state index in [0.29, 0.717) is 29.1 Å². The lowest BCUT2D eigenvalue weighted by molar-refractivity contribution is 0.0883. The van der Waals surface area contributed by atoms with E-state index < -0.39 is 6.23 Å². The molecule has 9 nitrogen and oxygen atoms in total. The fourth-order valence-electron chi connectivity index (χ4n) is 7.60. The molecule has 1 amide bonds. The number of carbonyl (C=O) groups is 1. The van der Waals surface area contributed by atoms with Crippen LogP contribution in [0, 0.1) is 5.92 Å². The minimum absolute atomic E-state index is 0.0395. The highest BCUT2D eigenvalue weighted by Gasteiger charge is 2.29. The number of benzene rings is 2. The van der Waals surface area contributed by atoms with Crippen molar-refractivity contribution >= 4 is 29.3 Å². The Morgan fingerprint density at radius 1 is 0.980 bits per heavy atom. The van der Waals surface area contributed by atoms with Crippen molar-refractivity contribution < 1.29 is 9.90 Å². The van der Waals surface area contributed by atoms with Crippen LogP contribution in [0.2, 0.25) is 5.02 Å². The number of likely N-dealkylation sites (tertiary alicyclic amines) is 2. The summed E-state index contributed by atoms with van der Waals surface area (Å²) in [6.07, 6.45) is 16.6. The number of hydrogen-bond donors (Lipinski definition) is 4. The van der Waals surface area contributed by atoms with Gasteiger partial charge in [-0.1, -0.05) is 54.1 Å². The number of nitrogens with zero attached hydrogens (tertiary/aromatic N) is 4. The van der Waals surface area contributed by atoms with Crippen LogP contribution < -0.4 is 16.0 Å². The number of piperidine rings is 2. The quantitative estimate of drug-likeness (QED) is 0.169. The van der Waals surface area contributed by atoms with E-state index in [2.05, 4.69) is 60.0 Å². The molecule has 2 aromatic carbocycles. The number of halogens is 1. The van der Waals surface area contributed by atoms with Gasteiger partial charge in [0.25, 0.3) is 5.91 Å². The van der Waals surface area contributed by atoms with E-state index in [-0.39, 0.29) is 18.1 Å². The second-order valence-corrected chi connectivity index (χ2v) is 14.4. The van der Waals surface area contributed by atoms with Crippen LogP contribution in [0.15, 0.2) is 90.2 Å². The van der Waals surface area contributed by atoms with Gasteiger partial charge in [0.2, 0.25) is 0 Å². The molecular formula is C40H48ClN7O2. The zero-order valence-electron chi connectivity index (χ0n) is 28.6. The number of nitrogens with one attached hydrogen (secondary N) is 3. The zero-order chi connectivity index (χ0) is 34.3. The van der Waals surface area contributed by atoms with Gasteiger partial charge in [-0.25, -0.2) is 0 Å². The predicted molar refractivity (Wildman–Crippen MR) is 201 cm³/mol. The first-order chi connectivity index (χ1) is 24.5. The normalized spacial score (nSPS) is 23.0. The number of carbonyl (C=O) groups excluding carboxylic acids is 1. The van der Waals surface area contributed by atoms with Crippen molar-refractivity contribution in [1.29, 1.82) is 0 Å². The zero-order valence-corrected chi connectivity index (χ0v) is 29.3. The summed E-state index contributed by atoms with van der Waals surface area (Å²) in [6, 6.07) is 18.0. The summed E-state index contributed by atoms with van der Waals surface area (Å²) in [6.45, 7) is 6.53. The number of aliphatic imine (C=N–C) groups is 1. The minimum atomic E-state index is -0.691. The Labute approximate surface area is 300 Å². The van der Waals surface area contributed by atoms with E-state index in [1.54, 1.807) is 6.20 Å². The van der Waals surface area contributed by atoms with Gasteiger partial charge in [-0.15, -0.1) is 0 Å². The monoisotopic (exact) mass is 693 g/mol. The molecule has 0 radical (unpaired) electrons. The summed E-state index contributed by atoms with van der Waals surface area (Å²) in [5, 5.41) is 22.1. The van der Waals surface area contributed by atoms with Crippen LogP contribution in [0.25, 0.3) is 16.7 Å². The molecular weight excluding hydrogens is 646 g/mol. The Hall–Kier alpha value is -3.70. The van der Waals surface area contributed by atoms with Gasteiger partial charge in [-0.3, -0.25) is 30.3 Å². The maximum Gasteiger partial charge on any atom is 0.251 e. The van der Waals surface area contributed by atoms with Crippen molar-refractivity contribution in [3.63, 3.8) is 0 Å². The largest absolute Gasteiger partial charge is 0.374 e. The SMILES string of the molecule is O=C(NC1CCN(C2C=CC(CN3CCC(NC(O)c4cccc(-c5cccnc5)c4)CC3)CN2)CC1)c1ccc(Cl)c(C2=CCC=NC2)c1. The molecule has 2 saturated heterocycles. The third kappa shape index (κ3) is 8.77. The molecule has 3 atom stereocenters. The number of dihydropyridines is 1. The maximum atomic E-state index is 13.2. The van der Waals surface area contributed by atoms with Crippen LogP contribution in [0.5, 0.6) is 0 Å². The molecule has 3 unspecified atom stereocenters. The average Bonchev–Trinajstić information content (AvgIpc) is 3.17. The molecule has 2 fully saturated rings. The van der Waals surface area contributed by atoms with Crippen LogP contribution >= 0.6 is 11.6 Å². The molecule has 1 aromatic heterocycles. The van der Waals surface area contributed by atoms with Crippen LogP contribution in [0.1, 0.15) is 59.8 Å². The molecule has 10 heteroatoms. The lowest BCUT2D eigenvalue weighted by atomic mass is 9.98. The first kappa shape index (κ1) is 34.7. The topological polar surface area (TPSA) is 105 Å². The summed E-state index contributed by atoms with van der Waals surface area (Å²) in [7, 11) is 0. The van der Waals surface area contributed by atoms with Crippen molar-refractivity contribution in [1.82, 2.24) is 30.7 Å². The second kappa shape index (κ2) is 16.5. The van der Waals surface area contributed by atoms with Crippen LogP contribution in [-0.4, -0.2) is 96.1 Å². The molecule has 0 saturated carbocycles. The number of aliphatic hydroxyl groups excluding tert-OH is 1. The van der Waals surface area contributed by atoms with Gasteiger partial charge in [-0.2, -0.15) is 0 Å². The Morgan fingerprint density at radius 2 is 1.80 bits per heavy atom. The van der Waals surface area contributed by atoms with Crippen LogP contribution in [-0.2, 0) is 0 Å². The van der Waals surface area contributed by atoms with Crippen molar-refractivity contribution in [2.24, 2.45) is 10.9 Å². The number of hydrogen-bond acceptors (Lipinski definition) is 8. The molecule has 50 heavy (non-hydrogen) atoms. The molecule has 3 aromatic rings. The molecule has 5 heterocycles. The summed E-state index contributed by atoms with van der Waals surface area (Å²) in [4.78, 5) is 26.8. The summed E-state index contributed by atoms with van der Waals surface area (Å²) >= 11 is 6.47. The lowest BCUT2D eigenvalue weighted by Crippen LogP contribution is -2.54. The van der Waals surface area contributed by atoms with E-state index in [4.69, 9.17) is 11.6 Å². The molecule has 0 aliphatic carbocycles. The lowest BCUT2D eigenvalue weighted by Gasteiger charge is -2.40. The van der Waals surface area contributed by atoms with Crippen molar-refractivity contribution in [3.05, 3.63) is 107 Å². The van der Waals surface area contributed by atoms with Crippen LogP contribution in [0.4, 0.5) is 0 Å². The maximum absolute atomic E-state index is 13.2. The predicted octanol–water partition coefficient (Wildman–Crippen LogP) is 5.30. The first-order valence-electron chi connectivity index (χ1n) is 18.1. The van der Waals surface area contributed by atoms with Crippen LogP contribution in [0.3, 0.4) is 0 Å². The van der Waals surface area contributed by atoms with Gasteiger partial charge in [0.1, 0.15) is 6.23 Å². The fourth-order valence-corrected chi connectivity index (χ4v) is 7.84. The van der Waals surface area contributed by atoms with E-state index >= 15 is 0 Å². The molecule has 0 spiro atoms. The first-order valence-corrected chi connectivity index (χ1v) is 18.5. The number of aliphatic hydroxyl groups is 1. The third-order valence-corrected chi connectivity index (χ3v) is 10.8. The fraction of sp³-hybridized carbons (Fsp3) is 0.425. The summed E-state index contributed by atoms with van der Waals surface area (Å²) in [5.74, 6) is 0.441. The number of pyridine rings is 1. The average molecular weight is 694 g/mol.